The summed E-state index contributed by atoms with van der Waals surface area (Å²) < 4.78 is 13.6. The van der Waals surface area contributed by atoms with Crippen molar-refractivity contribution < 1.29 is 14.0 Å². The van der Waals surface area contributed by atoms with Crippen molar-refractivity contribution in [1.29, 1.82) is 0 Å². The molecule has 210 valence electrons. The van der Waals surface area contributed by atoms with E-state index < -0.39 is 0 Å². The topological polar surface area (TPSA) is 68.8 Å². The molecule has 0 spiro atoms. The molecular formula is C31H42FN5O2. The Morgan fingerprint density at radius 1 is 1.18 bits per heavy atom. The van der Waals surface area contributed by atoms with Crippen LogP contribution in [-0.2, 0) is 21.4 Å². The van der Waals surface area contributed by atoms with Crippen LogP contribution in [0.2, 0.25) is 0 Å². The fourth-order valence-corrected chi connectivity index (χ4v) is 6.44. The molecule has 5 rings (SSSR count). The first-order valence-corrected chi connectivity index (χ1v) is 14.1. The maximum absolute atomic E-state index is 13.9. The third-order valence-corrected chi connectivity index (χ3v) is 8.59. The average Bonchev–Trinajstić information content (AvgIpc) is 3.27. The number of hydrogen-bond donors (Lipinski definition) is 1. The maximum atomic E-state index is 13.9. The number of nitrogens with one attached hydrogen (secondary N) is 1. The summed E-state index contributed by atoms with van der Waals surface area (Å²) in [5.41, 5.74) is 4.57. The third kappa shape index (κ3) is 5.87. The van der Waals surface area contributed by atoms with E-state index in [0.29, 0.717) is 32.5 Å². The fraction of sp³-hybridized carbons (Fsp3) is 0.581. The molecular weight excluding hydrogens is 493 g/mol. The van der Waals surface area contributed by atoms with Crippen LogP contribution >= 0.6 is 0 Å². The molecule has 2 atom stereocenters. The van der Waals surface area contributed by atoms with Gasteiger partial charge in [0.1, 0.15) is 5.82 Å². The Morgan fingerprint density at radius 3 is 2.64 bits per heavy atom. The van der Waals surface area contributed by atoms with E-state index in [4.69, 9.17) is 4.98 Å². The van der Waals surface area contributed by atoms with Gasteiger partial charge in [-0.15, -0.1) is 0 Å². The minimum atomic E-state index is -0.241. The zero-order valence-electron chi connectivity index (χ0n) is 24.2. The van der Waals surface area contributed by atoms with E-state index in [1.165, 1.54) is 6.07 Å². The number of carbonyl (C=O) groups is 2. The molecule has 0 unspecified atom stereocenters. The number of hydrogen-bond acceptors (Lipinski definition) is 5. The molecule has 2 fully saturated rings. The van der Waals surface area contributed by atoms with Crippen molar-refractivity contribution in [2.24, 2.45) is 5.41 Å². The number of likely N-dealkylation sites (tertiary alicyclic amines) is 1. The molecule has 8 heteroatoms. The van der Waals surface area contributed by atoms with Gasteiger partial charge in [-0.25, -0.2) is 4.39 Å². The van der Waals surface area contributed by atoms with Crippen LogP contribution in [0.4, 0.5) is 10.1 Å². The van der Waals surface area contributed by atoms with Gasteiger partial charge in [0.25, 0.3) is 0 Å². The van der Waals surface area contributed by atoms with Gasteiger partial charge in [0.15, 0.2) is 0 Å². The van der Waals surface area contributed by atoms with Gasteiger partial charge >= 0.3 is 0 Å². The smallest absolute Gasteiger partial charge is 0.241 e. The van der Waals surface area contributed by atoms with Crippen molar-refractivity contribution in [2.75, 3.05) is 44.2 Å². The van der Waals surface area contributed by atoms with Gasteiger partial charge in [0.2, 0.25) is 11.8 Å². The van der Waals surface area contributed by atoms with Gasteiger partial charge < -0.3 is 15.1 Å². The van der Waals surface area contributed by atoms with E-state index >= 15 is 0 Å². The van der Waals surface area contributed by atoms with Crippen LogP contribution in [0, 0.1) is 18.2 Å². The second-order valence-electron chi connectivity index (χ2n) is 13.3. The molecule has 2 saturated heterocycles. The Bertz CT molecular complexity index is 1280. The van der Waals surface area contributed by atoms with Crippen molar-refractivity contribution in [2.45, 2.75) is 71.9 Å². The molecule has 1 aromatic carbocycles. The summed E-state index contributed by atoms with van der Waals surface area (Å²) in [5.74, 6) is 0.0377. The Kier molecular flexibility index (Phi) is 7.31. The molecule has 0 saturated carbocycles. The van der Waals surface area contributed by atoms with Crippen LogP contribution in [0.1, 0.15) is 63.4 Å². The molecule has 0 bridgehead atoms. The summed E-state index contributed by atoms with van der Waals surface area (Å²) in [5, 5.41) is 3.55. The minimum Gasteiger partial charge on any atom is -0.341 e. The predicted molar refractivity (Wildman–Crippen MR) is 151 cm³/mol. The maximum Gasteiger partial charge on any atom is 0.241 e. The zero-order chi connectivity index (χ0) is 28.1. The highest BCUT2D eigenvalue weighted by molar-refractivity contribution is 5.97. The van der Waals surface area contributed by atoms with Crippen molar-refractivity contribution in [3.63, 3.8) is 0 Å². The standard InChI is InChI=1S/C31H42FN5O2/c1-20-9-23(32)8-7-22(20)10-24-11-27-26(14-34-24)31(5,6)19-37(27)29(39)17-35-15-21(2)33-13-25(35)16-36-18-30(3,4)12-28(36)38/h7-9,11,14,21,25,33H,10,12-13,15-19H2,1-6H3/t21-,25-/m1/s1. The number of amides is 2. The number of fused-ring (bicyclic) bond motifs is 1. The van der Waals surface area contributed by atoms with Crippen LogP contribution in [-0.4, -0.2) is 78.0 Å². The van der Waals surface area contributed by atoms with Gasteiger partial charge in [-0.1, -0.05) is 33.8 Å². The largest absolute Gasteiger partial charge is 0.341 e. The number of nitrogens with zero attached hydrogens (tertiary/aromatic N) is 4. The number of piperazine rings is 1. The van der Waals surface area contributed by atoms with Crippen molar-refractivity contribution in [1.82, 2.24) is 20.1 Å². The van der Waals surface area contributed by atoms with Gasteiger partial charge in [-0.3, -0.25) is 19.5 Å². The summed E-state index contributed by atoms with van der Waals surface area (Å²) in [6, 6.07) is 7.24. The molecule has 2 amide bonds. The van der Waals surface area contributed by atoms with Crippen LogP contribution in [0.15, 0.2) is 30.5 Å². The van der Waals surface area contributed by atoms with Crippen LogP contribution < -0.4 is 10.2 Å². The van der Waals surface area contributed by atoms with E-state index in [2.05, 4.69) is 44.8 Å². The molecule has 0 aliphatic carbocycles. The van der Waals surface area contributed by atoms with Crippen molar-refractivity contribution >= 4 is 17.5 Å². The Labute approximate surface area is 231 Å². The number of anilines is 1. The number of benzene rings is 1. The lowest BCUT2D eigenvalue weighted by molar-refractivity contribution is -0.128. The van der Waals surface area contributed by atoms with Gasteiger partial charge in [-0.2, -0.15) is 0 Å². The third-order valence-electron chi connectivity index (χ3n) is 8.59. The lowest BCUT2D eigenvalue weighted by Crippen LogP contribution is -2.61. The monoisotopic (exact) mass is 535 g/mol. The second kappa shape index (κ2) is 10.3. The molecule has 1 aromatic heterocycles. The Balaban J connectivity index is 1.34. The van der Waals surface area contributed by atoms with Gasteiger partial charge in [0.05, 0.1) is 12.2 Å². The van der Waals surface area contributed by atoms with Crippen molar-refractivity contribution in [3.05, 3.63) is 58.7 Å². The summed E-state index contributed by atoms with van der Waals surface area (Å²) in [6.45, 7) is 16.5. The average molecular weight is 536 g/mol. The number of aryl methyl sites for hydroxylation is 1. The molecule has 4 heterocycles. The number of pyridine rings is 1. The highest BCUT2D eigenvalue weighted by Crippen LogP contribution is 2.41. The van der Waals surface area contributed by atoms with Gasteiger partial charge in [-0.05, 0) is 48.6 Å². The number of halogens is 1. The van der Waals surface area contributed by atoms with Crippen LogP contribution in [0.25, 0.3) is 0 Å². The first kappa shape index (κ1) is 27.7. The fourth-order valence-electron chi connectivity index (χ4n) is 6.44. The summed E-state index contributed by atoms with van der Waals surface area (Å²) >= 11 is 0. The highest BCUT2D eigenvalue weighted by Gasteiger charge is 2.41. The molecule has 2 aromatic rings. The molecule has 7 nitrogen and oxygen atoms in total. The van der Waals surface area contributed by atoms with Crippen LogP contribution in [0.5, 0.6) is 0 Å². The summed E-state index contributed by atoms with van der Waals surface area (Å²) in [7, 11) is 0. The SMILES string of the molecule is Cc1cc(F)ccc1Cc1cc2c(cn1)C(C)(C)CN2C(=O)CN1C[C@@H](C)NC[C@@H]1CN1CC(C)(C)CC1=O. The number of rotatable bonds is 6. The second-order valence-corrected chi connectivity index (χ2v) is 13.3. The van der Waals surface area contributed by atoms with Gasteiger partial charge in [0, 0.05) is 80.5 Å². The Hall–Kier alpha value is -2.84. The number of carbonyl (C=O) groups excluding carboxylic acids is 2. The number of aromatic nitrogens is 1. The first-order chi connectivity index (χ1) is 18.3. The molecule has 0 radical (unpaired) electrons. The first-order valence-electron chi connectivity index (χ1n) is 14.1. The normalized spacial score (nSPS) is 24.3. The van der Waals surface area contributed by atoms with E-state index in [1.54, 1.807) is 6.07 Å². The predicted octanol–water partition coefficient (Wildman–Crippen LogP) is 3.66. The molecule has 3 aliphatic heterocycles. The minimum absolute atomic E-state index is 0.00381. The van der Waals surface area contributed by atoms with E-state index in [-0.39, 0.29) is 40.5 Å². The summed E-state index contributed by atoms with van der Waals surface area (Å²) in [6.07, 6.45) is 3.07. The highest BCUT2D eigenvalue weighted by atomic mass is 19.1. The van der Waals surface area contributed by atoms with E-state index in [0.717, 1.165) is 47.7 Å². The molecule has 1 N–H and O–H groups in total. The zero-order valence-corrected chi connectivity index (χ0v) is 24.2. The van der Waals surface area contributed by atoms with Crippen LogP contribution in [0.3, 0.4) is 0 Å². The van der Waals surface area contributed by atoms with E-state index in [1.807, 2.05) is 35.1 Å². The lowest BCUT2D eigenvalue weighted by atomic mass is 9.88. The lowest BCUT2D eigenvalue weighted by Gasteiger charge is -2.41. The van der Waals surface area contributed by atoms with E-state index in [9.17, 15) is 14.0 Å². The summed E-state index contributed by atoms with van der Waals surface area (Å²) in [4.78, 5) is 37.4. The molecule has 39 heavy (non-hydrogen) atoms. The Morgan fingerprint density at radius 2 is 1.95 bits per heavy atom. The van der Waals surface area contributed by atoms with Crippen molar-refractivity contribution in [3.8, 4) is 0 Å². The molecule has 3 aliphatic rings. The quantitative estimate of drug-likeness (QED) is 0.612.